The Morgan fingerprint density at radius 3 is 2.45 bits per heavy atom. The molecule has 12 heteroatoms. The Labute approximate surface area is 210 Å². The summed E-state index contributed by atoms with van der Waals surface area (Å²) >= 11 is 5.52. The lowest BCUT2D eigenvalue weighted by atomic mass is 10.2. The van der Waals surface area contributed by atoms with Crippen molar-refractivity contribution in [3.8, 4) is 11.5 Å². The molecule has 0 bridgehead atoms. The van der Waals surface area contributed by atoms with Gasteiger partial charge in [0.2, 0.25) is 0 Å². The molecule has 0 unspecified atom stereocenters. The average molecular weight is 627 g/mol. The summed E-state index contributed by atoms with van der Waals surface area (Å²) in [4.78, 5) is 20.7. The number of benzene rings is 3. The normalized spacial score (nSPS) is 10.8. The lowest BCUT2D eigenvalue weighted by Crippen LogP contribution is -2.01. The summed E-state index contributed by atoms with van der Waals surface area (Å²) in [5.41, 5.74) is 3.40. The number of hydrogen-bond acceptors (Lipinski definition) is 8. The average Bonchev–Trinajstić information content (AvgIpc) is 2.79. The maximum Gasteiger partial charge on any atom is 0.301 e. The van der Waals surface area contributed by atoms with Crippen LogP contribution in [0.25, 0.3) is 0 Å². The molecule has 0 aliphatic carbocycles. The van der Waals surface area contributed by atoms with Gasteiger partial charge >= 0.3 is 5.69 Å². The Kier molecular flexibility index (Phi) is 8.16. The molecule has 170 valence electrons. The van der Waals surface area contributed by atoms with Gasteiger partial charge < -0.3 is 9.47 Å². The zero-order valence-electron chi connectivity index (χ0n) is 17.0. The van der Waals surface area contributed by atoms with Crippen LogP contribution < -0.4 is 14.9 Å². The summed E-state index contributed by atoms with van der Waals surface area (Å²) in [5, 5.41) is 26.1. The number of ether oxygens (including phenoxy) is 2. The second-order valence-electron chi connectivity index (χ2n) is 6.53. The number of nitrogens with one attached hydrogen (secondary N) is 1. The number of nitrogens with zero attached hydrogens (tertiary/aromatic N) is 3. The Balaban J connectivity index is 1.76. The molecule has 0 amide bonds. The molecule has 0 fully saturated rings. The van der Waals surface area contributed by atoms with Crippen molar-refractivity contribution >= 4 is 61.8 Å². The van der Waals surface area contributed by atoms with E-state index >= 15 is 0 Å². The van der Waals surface area contributed by atoms with Crippen molar-refractivity contribution < 1.29 is 19.3 Å². The fourth-order valence-corrected chi connectivity index (χ4v) is 3.79. The Bertz CT molecular complexity index is 1220. The molecule has 1 N–H and O–H groups in total. The molecule has 0 atom stereocenters. The molecular weight excluding hydrogens is 611 g/mol. The van der Waals surface area contributed by atoms with Crippen molar-refractivity contribution in [2.24, 2.45) is 5.10 Å². The van der Waals surface area contributed by atoms with Crippen LogP contribution in [0.2, 0.25) is 0 Å². The number of anilines is 1. The smallest absolute Gasteiger partial charge is 0.301 e. The van der Waals surface area contributed by atoms with Gasteiger partial charge in [-0.15, -0.1) is 0 Å². The van der Waals surface area contributed by atoms with Gasteiger partial charge in [-0.05, 0) is 64.0 Å². The minimum Gasteiger partial charge on any atom is -0.493 e. The van der Waals surface area contributed by atoms with Gasteiger partial charge in [0.05, 0.1) is 32.8 Å². The Morgan fingerprint density at radius 1 is 1.09 bits per heavy atom. The van der Waals surface area contributed by atoms with Crippen LogP contribution in [0.5, 0.6) is 11.5 Å². The van der Waals surface area contributed by atoms with Crippen molar-refractivity contribution in [3.05, 3.63) is 94.0 Å². The van der Waals surface area contributed by atoms with Gasteiger partial charge in [0, 0.05) is 10.5 Å². The molecule has 0 aromatic heterocycles. The van der Waals surface area contributed by atoms with E-state index in [2.05, 4.69) is 49.0 Å². The van der Waals surface area contributed by atoms with Gasteiger partial charge in [0.1, 0.15) is 12.3 Å². The van der Waals surface area contributed by atoms with E-state index in [1.807, 2.05) is 30.3 Å². The number of nitro groups is 2. The van der Waals surface area contributed by atoms with Crippen LogP contribution in [0.4, 0.5) is 17.1 Å². The third-order valence-electron chi connectivity index (χ3n) is 4.34. The standard InChI is InChI=1S/C21H16BrIN4O6/c1-32-20-9-14(8-17(23)21(20)33-12-13-2-4-15(22)5-3-13)11-24-25-18-7-6-16(26(28)29)10-19(18)27(30)31/h2-11,25H,12H2,1H3/b24-11+. The van der Waals surface area contributed by atoms with Crippen LogP contribution in [0.15, 0.2) is 64.2 Å². The molecule has 0 aliphatic heterocycles. The van der Waals surface area contributed by atoms with Crippen LogP contribution in [-0.2, 0) is 6.61 Å². The monoisotopic (exact) mass is 626 g/mol. The van der Waals surface area contributed by atoms with Gasteiger partial charge in [0.25, 0.3) is 5.69 Å². The molecule has 33 heavy (non-hydrogen) atoms. The van der Waals surface area contributed by atoms with E-state index in [1.165, 1.54) is 19.4 Å². The lowest BCUT2D eigenvalue weighted by Gasteiger charge is -2.13. The molecule has 0 saturated heterocycles. The maximum atomic E-state index is 11.2. The van der Waals surface area contributed by atoms with Crippen molar-refractivity contribution in [2.45, 2.75) is 6.61 Å². The summed E-state index contributed by atoms with van der Waals surface area (Å²) in [5.74, 6) is 1.08. The first-order chi connectivity index (χ1) is 15.8. The molecule has 3 rings (SSSR count). The third kappa shape index (κ3) is 6.38. The first-order valence-corrected chi connectivity index (χ1v) is 11.1. The topological polar surface area (TPSA) is 129 Å². The molecule has 0 radical (unpaired) electrons. The van der Waals surface area contributed by atoms with Gasteiger partial charge in [-0.2, -0.15) is 5.10 Å². The molecule has 3 aromatic rings. The number of nitro benzene ring substituents is 2. The van der Waals surface area contributed by atoms with E-state index in [1.54, 1.807) is 6.07 Å². The summed E-state index contributed by atoms with van der Waals surface area (Å²) in [7, 11) is 1.53. The quantitative estimate of drug-likeness (QED) is 0.135. The molecule has 0 aliphatic rings. The number of non-ortho nitro benzene ring substituents is 1. The predicted molar refractivity (Wildman–Crippen MR) is 135 cm³/mol. The molecular formula is C21H16BrIN4O6. The van der Waals surface area contributed by atoms with Crippen LogP contribution in [0.3, 0.4) is 0 Å². The van der Waals surface area contributed by atoms with E-state index in [9.17, 15) is 20.2 Å². The third-order valence-corrected chi connectivity index (χ3v) is 5.67. The number of rotatable bonds is 9. The SMILES string of the molecule is COc1cc(/C=N/Nc2ccc([N+](=O)[O-])cc2[N+](=O)[O-])cc(I)c1OCc1ccc(Br)cc1. The van der Waals surface area contributed by atoms with Crippen LogP contribution in [-0.4, -0.2) is 23.2 Å². The Morgan fingerprint density at radius 2 is 1.82 bits per heavy atom. The van der Waals surface area contributed by atoms with Crippen LogP contribution in [0.1, 0.15) is 11.1 Å². The number of hydrogen-bond donors (Lipinski definition) is 1. The first kappa shape index (κ1) is 24.4. The van der Waals surface area contributed by atoms with E-state index in [4.69, 9.17) is 9.47 Å². The highest BCUT2D eigenvalue weighted by Gasteiger charge is 2.19. The largest absolute Gasteiger partial charge is 0.493 e. The summed E-state index contributed by atoms with van der Waals surface area (Å²) in [6.07, 6.45) is 1.45. The second-order valence-corrected chi connectivity index (χ2v) is 8.61. The van der Waals surface area contributed by atoms with Crippen molar-refractivity contribution in [2.75, 3.05) is 12.5 Å². The van der Waals surface area contributed by atoms with Gasteiger partial charge in [-0.1, -0.05) is 28.1 Å². The maximum absolute atomic E-state index is 11.2. The summed E-state index contributed by atoms with van der Waals surface area (Å²) in [6, 6.07) is 14.6. The molecule has 3 aromatic carbocycles. The van der Waals surface area contributed by atoms with Gasteiger partial charge in [-0.25, -0.2) is 0 Å². The molecule has 10 nitrogen and oxygen atoms in total. The highest BCUT2D eigenvalue weighted by atomic mass is 127. The van der Waals surface area contributed by atoms with Gasteiger partial charge in [-0.3, -0.25) is 25.7 Å². The molecule has 0 saturated carbocycles. The highest BCUT2D eigenvalue weighted by Crippen LogP contribution is 2.34. The van der Waals surface area contributed by atoms with Crippen molar-refractivity contribution in [1.29, 1.82) is 0 Å². The zero-order valence-corrected chi connectivity index (χ0v) is 20.8. The summed E-state index contributed by atoms with van der Waals surface area (Å²) in [6.45, 7) is 0.360. The van der Waals surface area contributed by atoms with E-state index in [-0.39, 0.29) is 11.4 Å². The fourth-order valence-electron chi connectivity index (χ4n) is 2.75. The lowest BCUT2D eigenvalue weighted by molar-refractivity contribution is -0.393. The van der Waals surface area contributed by atoms with E-state index < -0.39 is 15.5 Å². The van der Waals surface area contributed by atoms with Crippen molar-refractivity contribution in [3.63, 3.8) is 0 Å². The second kappa shape index (κ2) is 11.0. The zero-order chi connectivity index (χ0) is 24.0. The first-order valence-electron chi connectivity index (χ1n) is 9.25. The van der Waals surface area contributed by atoms with Crippen LogP contribution in [0, 0.1) is 23.8 Å². The van der Waals surface area contributed by atoms with Gasteiger partial charge in [0.15, 0.2) is 11.5 Å². The number of hydrazone groups is 1. The fraction of sp³-hybridized carbons (Fsp3) is 0.0952. The molecule has 0 heterocycles. The Hall–Kier alpha value is -3.26. The van der Waals surface area contributed by atoms with E-state index in [0.29, 0.717) is 23.7 Å². The van der Waals surface area contributed by atoms with Crippen molar-refractivity contribution in [1.82, 2.24) is 0 Å². The number of halogens is 2. The predicted octanol–water partition coefficient (Wildman–Crippen LogP) is 5.90. The summed E-state index contributed by atoms with van der Waals surface area (Å²) < 4.78 is 13.2. The minimum absolute atomic E-state index is 0.0259. The van der Waals surface area contributed by atoms with E-state index in [0.717, 1.165) is 25.7 Å². The molecule has 0 spiro atoms. The number of methoxy groups -OCH3 is 1. The minimum atomic E-state index is -0.714. The highest BCUT2D eigenvalue weighted by molar-refractivity contribution is 14.1. The van der Waals surface area contributed by atoms with Crippen LogP contribution >= 0.6 is 38.5 Å².